The monoisotopic (exact) mass is 301 g/mol. The summed E-state index contributed by atoms with van der Waals surface area (Å²) >= 11 is 0. The van der Waals surface area contributed by atoms with Crippen LogP contribution in [0.5, 0.6) is 0 Å². The smallest absolute Gasteiger partial charge is 0.305 e. The second-order valence-electron chi connectivity index (χ2n) is 4.20. The van der Waals surface area contributed by atoms with Crippen LogP contribution in [-0.4, -0.2) is 31.4 Å². The highest BCUT2D eigenvalue weighted by Gasteiger charge is 2.17. The average Bonchev–Trinajstić information content (AvgIpc) is 2.28. The molecule has 1 amide bonds. The van der Waals surface area contributed by atoms with Crippen LogP contribution >= 0.6 is 0 Å². The van der Waals surface area contributed by atoms with Crippen LogP contribution in [-0.2, 0) is 25.4 Å². The molecule has 1 unspecified atom stereocenters. The molecule has 1 atom stereocenters. The first-order valence-electron chi connectivity index (χ1n) is 5.55. The van der Waals surface area contributed by atoms with E-state index in [1.54, 1.807) is 0 Å². The first-order chi connectivity index (χ1) is 9.17. The van der Waals surface area contributed by atoms with E-state index in [-0.39, 0.29) is 5.75 Å². The molecule has 0 radical (unpaired) electrons. The van der Waals surface area contributed by atoms with E-state index in [0.717, 1.165) is 0 Å². The summed E-state index contributed by atoms with van der Waals surface area (Å²) in [5.41, 5.74) is 6.25. The third-order valence-corrected chi connectivity index (χ3v) is 3.06. The van der Waals surface area contributed by atoms with Crippen molar-refractivity contribution in [3.05, 3.63) is 29.8 Å². The van der Waals surface area contributed by atoms with Gasteiger partial charge in [-0.3, -0.25) is 9.59 Å². The van der Waals surface area contributed by atoms with Crippen molar-refractivity contribution in [2.75, 3.05) is 5.32 Å². The maximum Gasteiger partial charge on any atom is 0.305 e. The van der Waals surface area contributed by atoms with Crippen LogP contribution in [0, 0.1) is 0 Å². The number of benzene rings is 1. The number of carboxylic acid groups (broad SMARTS) is 1. The molecule has 0 aliphatic heterocycles. The lowest BCUT2D eigenvalue weighted by Gasteiger charge is -2.10. The minimum absolute atomic E-state index is 0.306. The summed E-state index contributed by atoms with van der Waals surface area (Å²) < 4.78 is 21.8. The van der Waals surface area contributed by atoms with E-state index in [0.29, 0.717) is 11.3 Å². The molecule has 0 aliphatic rings. The third-order valence-electron chi connectivity index (χ3n) is 2.32. The summed E-state index contributed by atoms with van der Waals surface area (Å²) in [5, 5.41) is 15.8. The second-order valence-corrected chi connectivity index (χ2v) is 5.81. The number of carbonyl (C=O) groups excluding carboxylic acids is 1. The largest absolute Gasteiger partial charge is 0.481 e. The van der Waals surface area contributed by atoms with E-state index < -0.39 is 34.4 Å². The number of rotatable bonds is 6. The number of anilines is 1. The molecule has 0 saturated heterocycles. The van der Waals surface area contributed by atoms with Crippen LogP contribution in [0.25, 0.3) is 0 Å². The number of primary sulfonamides is 1. The lowest BCUT2D eigenvalue weighted by Crippen LogP contribution is -2.37. The van der Waals surface area contributed by atoms with Gasteiger partial charge in [-0.15, -0.1) is 0 Å². The third kappa shape index (κ3) is 5.78. The molecule has 110 valence electrons. The second kappa shape index (κ2) is 6.46. The molecule has 6 N–H and O–H groups in total. The molecule has 9 heteroatoms. The molecule has 0 aliphatic carbocycles. The number of nitrogens with two attached hydrogens (primary N) is 2. The summed E-state index contributed by atoms with van der Waals surface area (Å²) in [6.07, 6.45) is -0.477. The lowest BCUT2D eigenvalue weighted by molar-refractivity contribution is -0.138. The molecule has 1 aromatic carbocycles. The number of sulfonamides is 1. The Kier molecular flexibility index (Phi) is 5.19. The van der Waals surface area contributed by atoms with Crippen molar-refractivity contribution in [3.63, 3.8) is 0 Å². The van der Waals surface area contributed by atoms with Gasteiger partial charge in [0, 0.05) is 5.69 Å². The van der Waals surface area contributed by atoms with Crippen molar-refractivity contribution in [1.82, 2.24) is 0 Å². The van der Waals surface area contributed by atoms with Gasteiger partial charge in [-0.2, -0.15) is 0 Å². The molecular weight excluding hydrogens is 286 g/mol. The molecular formula is C11H15N3O5S. The minimum atomic E-state index is -3.61. The first-order valence-corrected chi connectivity index (χ1v) is 7.26. The lowest BCUT2D eigenvalue weighted by atomic mass is 10.2. The SMILES string of the molecule is NC(CC(=O)O)C(=O)Nc1ccc(CS(N)(=O)=O)cc1. The number of amides is 1. The van der Waals surface area contributed by atoms with Crippen LogP contribution in [0.2, 0.25) is 0 Å². The van der Waals surface area contributed by atoms with Crippen molar-refractivity contribution < 1.29 is 23.1 Å². The Bertz CT molecular complexity index is 597. The molecule has 1 rings (SSSR count). The van der Waals surface area contributed by atoms with E-state index in [4.69, 9.17) is 16.0 Å². The Hall–Kier alpha value is -1.97. The van der Waals surface area contributed by atoms with Gasteiger partial charge >= 0.3 is 5.97 Å². The Morgan fingerprint density at radius 3 is 2.25 bits per heavy atom. The number of hydrogen-bond acceptors (Lipinski definition) is 5. The fourth-order valence-electron chi connectivity index (χ4n) is 1.43. The molecule has 0 fully saturated rings. The van der Waals surface area contributed by atoms with Crippen molar-refractivity contribution in [2.24, 2.45) is 10.9 Å². The highest BCUT2D eigenvalue weighted by atomic mass is 32.2. The van der Waals surface area contributed by atoms with E-state index >= 15 is 0 Å². The number of aliphatic carboxylic acids is 1. The van der Waals surface area contributed by atoms with Crippen molar-refractivity contribution in [2.45, 2.75) is 18.2 Å². The van der Waals surface area contributed by atoms with Crippen LogP contribution in [0.3, 0.4) is 0 Å². The number of nitrogens with one attached hydrogen (secondary N) is 1. The highest BCUT2D eigenvalue weighted by molar-refractivity contribution is 7.88. The Morgan fingerprint density at radius 2 is 1.80 bits per heavy atom. The fourth-order valence-corrected chi connectivity index (χ4v) is 2.09. The van der Waals surface area contributed by atoms with Crippen molar-refractivity contribution in [3.8, 4) is 0 Å². The Balaban J connectivity index is 2.66. The minimum Gasteiger partial charge on any atom is -0.481 e. The Labute approximate surface area is 115 Å². The van der Waals surface area contributed by atoms with E-state index in [9.17, 15) is 18.0 Å². The van der Waals surface area contributed by atoms with Crippen LogP contribution in [0.1, 0.15) is 12.0 Å². The van der Waals surface area contributed by atoms with Gasteiger partial charge in [0.25, 0.3) is 0 Å². The molecule has 1 aromatic rings. The normalized spacial score (nSPS) is 12.7. The van der Waals surface area contributed by atoms with Crippen LogP contribution in [0.4, 0.5) is 5.69 Å². The summed E-state index contributed by atoms with van der Waals surface area (Å²) in [6, 6.07) is 4.78. The zero-order chi connectivity index (χ0) is 15.3. The number of carboxylic acids is 1. The number of hydrogen-bond donors (Lipinski definition) is 4. The Morgan fingerprint density at radius 1 is 1.25 bits per heavy atom. The van der Waals surface area contributed by atoms with E-state index in [1.165, 1.54) is 24.3 Å². The van der Waals surface area contributed by atoms with E-state index in [1.807, 2.05) is 0 Å². The maximum atomic E-state index is 11.5. The van der Waals surface area contributed by atoms with E-state index in [2.05, 4.69) is 5.32 Å². The number of carbonyl (C=O) groups is 2. The predicted octanol–water partition coefficient (Wildman–Crippen LogP) is -0.784. The predicted molar refractivity (Wildman–Crippen MR) is 72.1 cm³/mol. The highest BCUT2D eigenvalue weighted by Crippen LogP contribution is 2.11. The molecule has 0 saturated carbocycles. The molecule has 0 aromatic heterocycles. The van der Waals surface area contributed by atoms with Gasteiger partial charge in [-0.1, -0.05) is 12.1 Å². The van der Waals surface area contributed by atoms with Crippen LogP contribution in [0.15, 0.2) is 24.3 Å². The molecule has 8 nitrogen and oxygen atoms in total. The summed E-state index contributed by atoms with van der Waals surface area (Å²) in [6.45, 7) is 0. The van der Waals surface area contributed by atoms with Gasteiger partial charge in [0.05, 0.1) is 18.2 Å². The summed E-state index contributed by atoms with van der Waals surface area (Å²) in [4.78, 5) is 22.0. The molecule has 0 spiro atoms. The quantitative estimate of drug-likeness (QED) is 0.540. The fraction of sp³-hybridized carbons (Fsp3) is 0.273. The molecule has 0 heterocycles. The summed E-state index contributed by atoms with van der Waals surface area (Å²) in [7, 11) is -3.61. The maximum absolute atomic E-state index is 11.5. The van der Waals surface area contributed by atoms with Gasteiger partial charge in [-0.25, -0.2) is 13.6 Å². The zero-order valence-electron chi connectivity index (χ0n) is 10.4. The van der Waals surface area contributed by atoms with Gasteiger partial charge < -0.3 is 16.2 Å². The van der Waals surface area contributed by atoms with Gasteiger partial charge in [0.15, 0.2) is 0 Å². The summed E-state index contributed by atoms with van der Waals surface area (Å²) in [5.74, 6) is -2.11. The average molecular weight is 301 g/mol. The van der Waals surface area contributed by atoms with Crippen molar-refractivity contribution in [1.29, 1.82) is 0 Å². The topological polar surface area (TPSA) is 153 Å². The van der Waals surface area contributed by atoms with Gasteiger partial charge in [-0.05, 0) is 17.7 Å². The standard InChI is InChI=1S/C11H15N3O5S/c12-9(5-10(15)16)11(17)14-8-3-1-7(2-4-8)6-20(13,18)19/h1-4,9H,5-6,12H2,(H,14,17)(H,15,16)(H2,13,18,19). The molecule has 0 bridgehead atoms. The first kappa shape index (κ1) is 16.1. The molecule has 20 heavy (non-hydrogen) atoms. The van der Waals surface area contributed by atoms with Gasteiger partial charge in [0.2, 0.25) is 15.9 Å². The van der Waals surface area contributed by atoms with Crippen molar-refractivity contribution >= 4 is 27.6 Å². The zero-order valence-corrected chi connectivity index (χ0v) is 11.3. The van der Waals surface area contributed by atoms with Crippen LogP contribution < -0.4 is 16.2 Å². The van der Waals surface area contributed by atoms with Gasteiger partial charge in [0.1, 0.15) is 0 Å².